The molecule has 1 amide bonds. The monoisotopic (exact) mass is 323 g/mol. The third-order valence-electron chi connectivity index (χ3n) is 4.66. The Kier molecular flexibility index (Phi) is 4.74. The van der Waals surface area contributed by atoms with Crippen molar-refractivity contribution in [2.75, 3.05) is 24.1 Å². The molecule has 4 heteroatoms. The summed E-state index contributed by atoms with van der Waals surface area (Å²) >= 11 is 0. The van der Waals surface area contributed by atoms with Gasteiger partial charge in [0.2, 0.25) is 0 Å². The van der Waals surface area contributed by atoms with Crippen molar-refractivity contribution in [1.82, 2.24) is 4.90 Å². The van der Waals surface area contributed by atoms with Gasteiger partial charge in [0.15, 0.2) is 0 Å². The number of piperidine rings is 1. The summed E-state index contributed by atoms with van der Waals surface area (Å²) in [6.45, 7) is 5.60. The molecule has 1 saturated heterocycles. The molecular weight excluding hydrogens is 298 g/mol. The molecule has 0 spiro atoms. The normalized spacial score (nSPS) is 15.3. The Morgan fingerprint density at radius 3 is 2.58 bits per heavy atom. The van der Waals surface area contributed by atoms with Gasteiger partial charge in [0, 0.05) is 36.1 Å². The minimum absolute atomic E-state index is 0.0915. The van der Waals surface area contributed by atoms with E-state index < -0.39 is 0 Å². The fraction of sp³-hybridized carbons (Fsp3) is 0.350. The molecule has 0 saturated carbocycles. The number of likely N-dealkylation sites (tertiary alicyclic amines) is 1. The summed E-state index contributed by atoms with van der Waals surface area (Å²) in [6.07, 6.45) is 1.92. The molecule has 2 aromatic rings. The second kappa shape index (κ2) is 6.95. The van der Waals surface area contributed by atoms with E-state index in [0.29, 0.717) is 11.7 Å². The fourth-order valence-corrected chi connectivity index (χ4v) is 3.24. The molecule has 3 rings (SSSR count). The van der Waals surface area contributed by atoms with E-state index in [2.05, 4.69) is 36.5 Å². The van der Waals surface area contributed by atoms with E-state index in [1.165, 1.54) is 5.56 Å². The first kappa shape index (κ1) is 16.4. The van der Waals surface area contributed by atoms with Crippen molar-refractivity contribution in [3.8, 4) is 0 Å². The fourth-order valence-electron chi connectivity index (χ4n) is 3.24. The molecular formula is C20H25N3O. The van der Waals surface area contributed by atoms with Crippen molar-refractivity contribution in [2.24, 2.45) is 0 Å². The van der Waals surface area contributed by atoms with Gasteiger partial charge >= 0.3 is 0 Å². The van der Waals surface area contributed by atoms with Crippen LogP contribution in [-0.4, -0.2) is 29.9 Å². The van der Waals surface area contributed by atoms with E-state index in [1.54, 1.807) is 6.07 Å². The molecule has 0 unspecified atom stereocenters. The number of carbonyl (C=O) groups is 1. The number of hydrogen-bond donors (Lipinski definition) is 2. The van der Waals surface area contributed by atoms with Crippen molar-refractivity contribution in [3.63, 3.8) is 0 Å². The first-order chi connectivity index (χ1) is 11.5. The number of nitrogens with one attached hydrogen (secondary N) is 1. The highest BCUT2D eigenvalue weighted by atomic mass is 16.2. The summed E-state index contributed by atoms with van der Waals surface area (Å²) in [7, 11) is 0. The van der Waals surface area contributed by atoms with Crippen LogP contribution in [0.15, 0.2) is 42.5 Å². The Morgan fingerprint density at radius 1 is 1.12 bits per heavy atom. The highest BCUT2D eigenvalue weighted by Gasteiger charge is 2.24. The lowest BCUT2D eigenvalue weighted by Crippen LogP contribution is -2.42. The molecule has 1 aliphatic heterocycles. The van der Waals surface area contributed by atoms with Crippen LogP contribution in [0.4, 0.5) is 11.4 Å². The van der Waals surface area contributed by atoms with Gasteiger partial charge in [-0.05, 0) is 62.1 Å². The number of aryl methyl sites for hydroxylation is 2. The molecule has 1 aliphatic rings. The Hall–Kier alpha value is -2.49. The molecule has 0 atom stereocenters. The molecule has 2 aromatic carbocycles. The third-order valence-corrected chi connectivity index (χ3v) is 4.66. The van der Waals surface area contributed by atoms with Gasteiger partial charge in [-0.2, -0.15) is 0 Å². The average molecular weight is 323 g/mol. The van der Waals surface area contributed by atoms with E-state index in [1.807, 2.05) is 24.0 Å². The van der Waals surface area contributed by atoms with Crippen molar-refractivity contribution in [2.45, 2.75) is 32.7 Å². The van der Waals surface area contributed by atoms with Gasteiger partial charge in [0.05, 0.1) is 0 Å². The molecule has 0 radical (unpaired) electrons. The van der Waals surface area contributed by atoms with Crippen LogP contribution in [0.25, 0.3) is 0 Å². The average Bonchev–Trinajstić information content (AvgIpc) is 2.57. The second-order valence-electron chi connectivity index (χ2n) is 6.65. The van der Waals surface area contributed by atoms with Crippen LogP contribution in [0.3, 0.4) is 0 Å². The van der Waals surface area contributed by atoms with Crippen LogP contribution in [0.5, 0.6) is 0 Å². The Balaban J connectivity index is 1.60. The maximum atomic E-state index is 12.7. The Morgan fingerprint density at radius 2 is 1.88 bits per heavy atom. The van der Waals surface area contributed by atoms with E-state index >= 15 is 0 Å². The predicted molar refractivity (Wildman–Crippen MR) is 99.3 cm³/mol. The van der Waals surface area contributed by atoms with Gasteiger partial charge in [-0.3, -0.25) is 4.79 Å². The zero-order chi connectivity index (χ0) is 17.1. The Bertz CT molecular complexity index is 733. The van der Waals surface area contributed by atoms with Gasteiger partial charge in [-0.1, -0.05) is 18.2 Å². The van der Waals surface area contributed by atoms with E-state index in [-0.39, 0.29) is 5.91 Å². The number of nitrogens with two attached hydrogens (primary N) is 1. The maximum absolute atomic E-state index is 12.7. The molecule has 4 nitrogen and oxygen atoms in total. The number of hydrogen-bond acceptors (Lipinski definition) is 3. The summed E-state index contributed by atoms with van der Waals surface area (Å²) in [4.78, 5) is 14.7. The first-order valence-corrected chi connectivity index (χ1v) is 8.51. The molecule has 1 heterocycles. The number of anilines is 2. The number of nitrogens with zero attached hydrogens (tertiary/aromatic N) is 1. The van der Waals surface area contributed by atoms with Gasteiger partial charge in [0.25, 0.3) is 5.91 Å². The first-order valence-electron chi connectivity index (χ1n) is 8.51. The van der Waals surface area contributed by atoms with Crippen LogP contribution in [0.2, 0.25) is 0 Å². The van der Waals surface area contributed by atoms with Gasteiger partial charge in [-0.15, -0.1) is 0 Å². The second-order valence-corrected chi connectivity index (χ2v) is 6.65. The summed E-state index contributed by atoms with van der Waals surface area (Å²) in [5.74, 6) is 0.0915. The lowest BCUT2D eigenvalue weighted by atomic mass is 10.0. The largest absolute Gasteiger partial charge is 0.399 e. The van der Waals surface area contributed by atoms with E-state index in [9.17, 15) is 4.79 Å². The molecule has 1 fully saturated rings. The maximum Gasteiger partial charge on any atom is 0.254 e. The van der Waals surface area contributed by atoms with E-state index in [0.717, 1.165) is 42.7 Å². The minimum atomic E-state index is 0.0915. The van der Waals surface area contributed by atoms with Crippen LogP contribution < -0.4 is 11.1 Å². The van der Waals surface area contributed by atoms with Gasteiger partial charge in [-0.25, -0.2) is 0 Å². The predicted octanol–water partition coefficient (Wildman–Crippen LogP) is 3.60. The topological polar surface area (TPSA) is 58.4 Å². The molecule has 0 bridgehead atoms. The van der Waals surface area contributed by atoms with Crippen LogP contribution in [0, 0.1) is 13.8 Å². The van der Waals surface area contributed by atoms with Crippen molar-refractivity contribution < 1.29 is 4.79 Å². The molecule has 24 heavy (non-hydrogen) atoms. The highest BCUT2D eigenvalue weighted by Crippen LogP contribution is 2.21. The zero-order valence-corrected chi connectivity index (χ0v) is 14.4. The molecule has 0 aliphatic carbocycles. The summed E-state index contributed by atoms with van der Waals surface area (Å²) in [6, 6.07) is 14.4. The number of carbonyl (C=O) groups excluding carboxylic acids is 1. The minimum Gasteiger partial charge on any atom is -0.399 e. The summed E-state index contributed by atoms with van der Waals surface area (Å²) in [5.41, 5.74) is 10.6. The zero-order valence-electron chi connectivity index (χ0n) is 14.4. The number of amides is 1. The number of benzene rings is 2. The SMILES string of the molecule is Cc1cccc(NC2CCN(C(=O)c3cc(N)ccc3C)CC2)c1. The lowest BCUT2D eigenvalue weighted by Gasteiger charge is -2.33. The quantitative estimate of drug-likeness (QED) is 0.849. The van der Waals surface area contributed by atoms with Crippen LogP contribution in [0.1, 0.15) is 34.3 Å². The van der Waals surface area contributed by atoms with Gasteiger partial charge in [0.1, 0.15) is 0 Å². The van der Waals surface area contributed by atoms with Crippen LogP contribution in [-0.2, 0) is 0 Å². The third kappa shape index (κ3) is 3.70. The van der Waals surface area contributed by atoms with Crippen molar-refractivity contribution in [1.29, 1.82) is 0 Å². The standard InChI is InChI=1S/C20H25N3O/c1-14-4-3-5-18(12-14)22-17-8-10-23(11-9-17)20(24)19-13-16(21)7-6-15(19)2/h3-7,12-13,17,22H,8-11,21H2,1-2H3. The number of rotatable bonds is 3. The summed E-state index contributed by atoms with van der Waals surface area (Å²) in [5, 5.41) is 3.58. The highest BCUT2D eigenvalue weighted by molar-refractivity contribution is 5.96. The van der Waals surface area contributed by atoms with Gasteiger partial charge < -0.3 is 16.0 Å². The molecule has 3 N–H and O–H groups in total. The van der Waals surface area contributed by atoms with Crippen LogP contribution >= 0.6 is 0 Å². The lowest BCUT2D eigenvalue weighted by molar-refractivity contribution is 0.0718. The van der Waals surface area contributed by atoms with E-state index in [4.69, 9.17) is 5.73 Å². The van der Waals surface area contributed by atoms with Crippen molar-refractivity contribution in [3.05, 3.63) is 59.2 Å². The summed E-state index contributed by atoms with van der Waals surface area (Å²) < 4.78 is 0. The smallest absolute Gasteiger partial charge is 0.254 e. The molecule has 126 valence electrons. The Labute approximate surface area is 143 Å². The number of nitrogen functional groups attached to an aromatic ring is 1. The molecule has 0 aromatic heterocycles. The van der Waals surface area contributed by atoms with Crippen molar-refractivity contribution >= 4 is 17.3 Å².